The average molecular weight is 432 g/mol. The zero-order valence-corrected chi connectivity index (χ0v) is 19.7. The molecule has 3 rings (SSSR count). The van der Waals surface area contributed by atoms with Crippen LogP contribution in [0.25, 0.3) is 0 Å². The van der Waals surface area contributed by atoms with Crippen LogP contribution in [-0.4, -0.2) is 38.4 Å². The molecule has 1 unspecified atom stereocenters. The van der Waals surface area contributed by atoms with Gasteiger partial charge in [0.05, 0.1) is 34.5 Å². The lowest BCUT2D eigenvalue weighted by molar-refractivity contribution is -0.188. The van der Waals surface area contributed by atoms with Crippen LogP contribution in [0, 0.1) is 16.7 Å². The van der Waals surface area contributed by atoms with Gasteiger partial charge in [-0.3, -0.25) is 0 Å². The molecule has 164 valence electrons. The minimum absolute atomic E-state index is 0.231. The number of hydroxylamine groups is 1. The van der Waals surface area contributed by atoms with Gasteiger partial charge in [-0.25, -0.2) is 4.79 Å². The van der Waals surface area contributed by atoms with Crippen molar-refractivity contribution in [1.29, 1.82) is 5.26 Å². The molecule has 2 aliphatic rings. The largest absolute Gasteiger partial charge is 0.595 e. The maximum Gasteiger partial charge on any atom is 0.338 e. The minimum Gasteiger partial charge on any atom is -0.595 e. The van der Waals surface area contributed by atoms with E-state index in [2.05, 4.69) is 11.4 Å². The Bertz CT molecular complexity index is 845. The van der Waals surface area contributed by atoms with Crippen molar-refractivity contribution in [3.8, 4) is 6.07 Å². The lowest BCUT2D eigenvalue weighted by atomic mass is 9.69. The summed E-state index contributed by atoms with van der Waals surface area (Å²) >= 11 is -1.52. The highest BCUT2D eigenvalue weighted by molar-refractivity contribution is 7.90. The predicted octanol–water partition coefficient (Wildman–Crippen LogP) is 3.59. The normalized spacial score (nSPS) is 21.9. The third kappa shape index (κ3) is 4.38. The fraction of sp³-hybridized carbons (Fsp3) is 0.652. The monoisotopic (exact) mass is 431 g/mol. The van der Waals surface area contributed by atoms with Crippen molar-refractivity contribution >= 4 is 17.3 Å². The van der Waals surface area contributed by atoms with Gasteiger partial charge in [0.2, 0.25) is 0 Å². The fourth-order valence-corrected chi connectivity index (χ4v) is 5.61. The second-order valence-electron chi connectivity index (χ2n) is 10.4. The van der Waals surface area contributed by atoms with E-state index in [1.54, 1.807) is 0 Å². The number of hydrogen-bond acceptors (Lipinski definition) is 6. The standard InChI is InChI=1S/C23H33N3O3S/c1-21(2,3)26(30(28)22(4,5)6)29-20(27)19-18-13-16(15-24)7-8-17(18)14-23(19)9-11-25-12-10-23/h7-8,13,19,25H,9-12,14H2,1-6H3/t19-,30?/m1/s1. The number of nitrogens with zero attached hydrogens (tertiary/aromatic N) is 2. The highest BCUT2D eigenvalue weighted by atomic mass is 32.2. The molecule has 1 N–H and O–H groups in total. The number of benzene rings is 1. The Labute approximate surface area is 183 Å². The Kier molecular flexibility index (Phi) is 6.28. The average Bonchev–Trinajstić information content (AvgIpc) is 2.96. The predicted molar refractivity (Wildman–Crippen MR) is 118 cm³/mol. The lowest BCUT2D eigenvalue weighted by Crippen LogP contribution is -2.53. The van der Waals surface area contributed by atoms with Crippen LogP contribution in [-0.2, 0) is 27.4 Å². The molecule has 0 saturated carbocycles. The van der Waals surface area contributed by atoms with Gasteiger partial charge in [0.15, 0.2) is 0 Å². The molecule has 1 heterocycles. The molecule has 1 fully saturated rings. The lowest BCUT2D eigenvalue weighted by Gasteiger charge is -2.41. The van der Waals surface area contributed by atoms with Gasteiger partial charge in [-0.1, -0.05) is 6.07 Å². The summed E-state index contributed by atoms with van der Waals surface area (Å²) in [4.78, 5) is 19.6. The first-order chi connectivity index (χ1) is 13.9. The molecule has 1 aliphatic heterocycles. The van der Waals surface area contributed by atoms with E-state index in [9.17, 15) is 14.6 Å². The molecule has 0 bridgehead atoms. The van der Waals surface area contributed by atoms with Gasteiger partial charge in [-0.05, 0) is 103 Å². The molecule has 0 amide bonds. The van der Waals surface area contributed by atoms with Gasteiger partial charge in [0.25, 0.3) is 0 Å². The van der Waals surface area contributed by atoms with E-state index >= 15 is 0 Å². The van der Waals surface area contributed by atoms with Gasteiger partial charge >= 0.3 is 5.97 Å². The molecule has 30 heavy (non-hydrogen) atoms. The third-order valence-electron chi connectivity index (χ3n) is 5.97. The summed E-state index contributed by atoms with van der Waals surface area (Å²) in [6, 6.07) is 7.81. The van der Waals surface area contributed by atoms with Crippen LogP contribution < -0.4 is 5.32 Å². The highest BCUT2D eigenvalue weighted by Crippen LogP contribution is 2.53. The summed E-state index contributed by atoms with van der Waals surface area (Å²) in [6.07, 6.45) is 2.52. The number of hydrogen-bond donors (Lipinski definition) is 1. The minimum atomic E-state index is -1.52. The maximum absolute atomic E-state index is 13.7. The van der Waals surface area contributed by atoms with E-state index in [1.807, 2.05) is 59.7 Å². The maximum atomic E-state index is 13.7. The summed E-state index contributed by atoms with van der Waals surface area (Å²) in [5, 5.41) is 12.8. The number of fused-ring (bicyclic) bond motifs is 1. The Morgan fingerprint density at radius 3 is 2.43 bits per heavy atom. The van der Waals surface area contributed by atoms with Crippen molar-refractivity contribution in [3.05, 3.63) is 34.9 Å². The molecule has 6 nitrogen and oxygen atoms in total. The number of carbonyl (C=O) groups is 1. The van der Waals surface area contributed by atoms with Gasteiger partial charge in [0, 0.05) is 4.47 Å². The SMILES string of the molecule is CC(C)(C)N(OC(=O)[C@H]1c2cc(C#N)ccc2CC12CCNCC2)[S+]([O-])C(C)(C)C. The zero-order valence-electron chi connectivity index (χ0n) is 18.9. The summed E-state index contributed by atoms with van der Waals surface area (Å²) in [5.41, 5.74) is 1.69. The summed E-state index contributed by atoms with van der Waals surface area (Å²) in [5.74, 6) is -0.844. The van der Waals surface area contributed by atoms with Crippen LogP contribution in [0.4, 0.5) is 0 Å². The number of nitrogens with one attached hydrogen (secondary N) is 1. The zero-order chi connectivity index (χ0) is 22.3. The molecule has 1 aromatic carbocycles. The van der Waals surface area contributed by atoms with E-state index in [-0.39, 0.29) is 11.4 Å². The molecule has 1 spiro atoms. The molecule has 7 heteroatoms. The van der Waals surface area contributed by atoms with E-state index in [0.717, 1.165) is 43.5 Å². The number of piperidine rings is 1. The summed E-state index contributed by atoms with van der Waals surface area (Å²) in [6.45, 7) is 13.0. The first-order valence-electron chi connectivity index (χ1n) is 10.6. The third-order valence-corrected chi connectivity index (χ3v) is 7.94. The first kappa shape index (κ1) is 23.1. The smallest absolute Gasteiger partial charge is 0.338 e. The fourth-order valence-electron chi connectivity index (χ4n) is 4.48. The van der Waals surface area contributed by atoms with E-state index in [1.165, 1.54) is 4.47 Å². The Morgan fingerprint density at radius 1 is 1.27 bits per heavy atom. The Hall–Kier alpha value is -1.59. The molecule has 0 radical (unpaired) electrons. The Balaban J connectivity index is 2.00. The summed E-state index contributed by atoms with van der Waals surface area (Å²) in [7, 11) is 0. The number of rotatable bonds is 3. The van der Waals surface area contributed by atoms with Crippen LogP contribution in [0.3, 0.4) is 0 Å². The summed E-state index contributed by atoms with van der Waals surface area (Å²) < 4.78 is 14.0. The van der Waals surface area contributed by atoms with Crippen molar-refractivity contribution in [2.24, 2.45) is 5.41 Å². The van der Waals surface area contributed by atoms with Crippen molar-refractivity contribution < 1.29 is 14.2 Å². The molecule has 0 aromatic heterocycles. The second kappa shape index (κ2) is 8.16. The molecule has 1 saturated heterocycles. The van der Waals surface area contributed by atoms with Crippen LogP contribution in [0.15, 0.2) is 18.2 Å². The van der Waals surface area contributed by atoms with Gasteiger partial charge in [-0.15, -0.1) is 0 Å². The van der Waals surface area contributed by atoms with Gasteiger partial charge < -0.3 is 14.7 Å². The second-order valence-corrected chi connectivity index (χ2v) is 12.5. The van der Waals surface area contributed by atoms with Crippen molar-refractivity contribution in [1.82, 2.24) is 9.79 Å². The molecule has 1 aromatic rings. The number of carbonyl (C=O) groups excluding carboxylic acids is 1. The molecular formula is C23H33N3O3S. The first-order valence-corrected chi connectivity index (χ1v) is 11.7. The molecule has 2 atom stereocenters. The van der Waals surface area contributed by atoms with Crippen molar-refractivity contribution in [3.63, 3.8) is 0 Å². The quantitative estimate of drug-likeness (QED) is 0.581. The van der Waals surface area contributed by atoms with E-state index < -0.39 is 27.6 Å². The van der Waals surface area contributed by atoms with Crippen molar-refractivity contribution in [2.45, 2.75) is 77.0 Å². The number of nitriles is 1. The molecule has 1 aliphatic carbocycles. The van der Waals surface area contributed by atoms with Crippen LogP contribution in [0.1, 0.15) is 77.0 Å². The van der Waals surface area contributed by atoms with Gasteiger partial charge in [-0.2, -0.15) is 5.26 Å². The topological polar surface area (TPSA) is 88.4 Å². The van der Waals surface area contributed by atoms with Crippen LogP contribution in [0.2, 0.25) is 0 Å². The van der Waals surface area contributed by atoms with Crippen LogP contribution >= 0.6 is 0 Å². The highest BCUT2D eigenvalue weighted by Gasteiger charge is 2.53. The van der Waals surface area contributed by atoms with Gasteiger partial charge in [0.1, 0.15) is 4.75 Å². The van der Waals surface area contributed by atoms with Crippen molar-refractivity contribution in [2.75, 3.05) is 13.1 Å². The van der Waals surface area contributed by atoms with E-state index in [4.69, 9.17) is 4.84 Å². The van der Waals surface area contributed by atoms with Crippen LogP contribution in [0.5, 0.6) is 0 Å². The molecular weight excluding hydrogens is 398 g/mol. The van der Waals surface area contributed by atoms with E-state index in [0.29, 0.717) is 5.56 Å². The Morgan fingerprint density at radius 2 is 1.90 bits per heavy atom.